The summed E-state index contributed by atoms with van der Waals surface area (Å²) in [6, 6.07) is 0. The fourth-order valence-electron chi connectivity index (χ4n) is 0.402. The molecule has 2 N–H and O–H groups in total. The van der Waals surface area contributed by atoms with Gasteiger partial charge in [0.2, 0.25) is 0 Å². The lowest BCUT2D eigenvalue weighted by molar-refractivity contribution is -0.190. The molecule has 0 saturated heterocycles. The largest absolute Gasteiger partial charge is 0.558 e. The molecule has 2 atom stereocenters. The van der Waals surface area contributed by atoms with Crippen LogP contribution in [-0.4, -0.2) is 35.9 Å². The zero-order valence-electron chi connectivity index (χ0n) is 5.98. The SMILES string of the molecule is O=C(O[P+](=O)[O-])[C@@H](O)CS(=O)(=O)O. The van der Waals surface area contributed by atoms with E-state index in [9.17, 15) is 22.7 Å². The summed E-state index contributed by atoms with van der Waals surface area (Å²) < 4.78 is 41.5. The third kappa shape index (κ3) is 6.55. The van der Waals surface area contributed by atoms with Gasteiger partial charge in [0.05, 0.1) is 0 Å². The van der Waals surface area contributed by atoms with Gasteiger partial charge < -0.3 is 10.00 Å². The molecule has 0 radical (unpaired) electrons. The lowest BCUT2D eigenvalue weighted by Crippen LogP contribution is -2.29. The van der Waals surface area contributed by atoms with Crippen LogP contribution in [0.5, 0.6) is 0 Å². The number of hydrogen-bond donors (Lipinski definition) is 2. The van der Waals surface area contributed by atoms with E-state index in [4.69, 9.17) is 9.66 Å². The van der Waals surface area contributed by atoms with Gasteiger partial charge in [-0.2, -0.15) is 8.42 Å². The smallest absolute Gasteiger partial charge is 0.542 e. The summed E-state index contributed by atoms with van der Waals surface area (Å²) in [7, 11) is -8.05. The van der Waals surface area contributed by atoms with Crippen molar-refractivity contribution in [1.82, 2.24) is 0 Å². The number of hydrogen-bond acceptors (Lipinski definition) is 7. The molecular formula is C3H5O8PS. The van der Waals surface area contributed by atoms with E-state index in [1.807, 2.05) is 0 Å². The predicted molar refractivity (Wildman–Crippen MR) is 36.1 cm³/mol. The number of aliphatic hydroxyl groups is 1. The van der Waals surface area contributed by atoms with Crippen molar-refractivity contribution in [3.8, 4) is 0 Å². The second kappa shape index (κ2) is 4.58. The highest BCUT2D eigenvalue weighted by Crippen LogP contribution is 2.10. The first-order valence-corrected chi connectivity index (χ1v) is 5.42. The molecule has 0 fully saturated rings. The average molecular weight is 232 g/mol. The first kappa shape index (κ1) is 12.4. The van der Waals surface area contributed by atoms with Gasteiger partial charge >= 0.3 is 14.2 Å². The van der Waals surface area contributed by atoms with Crippen molar-refractivity contribution in [2.24, 2.45) is 0 Å². The first-order chi connectivity index (χ1) is 5.72. The second-order valence-corrected chi connectivity index (χ2v) is 4.03. The van der Waals surface area contributed by atoms with Crippen molar-refractivity contribution in [3.63, 3.8) is 0 Å². The summed E-state index contributed by atoms with van der Waals surface area (Å²) in [5.41, 5.74) is 0. The van der Waals surface area contributed by atoms with E-state index >= 15 is 0 Å². The van der Waals surface area contributed by atoms with Crippen LogP contribution in [0.3, 0.4) is 0 Å². The van der Waals surface area contributed by atoms with Gasteiger partial charge in [-0.15, -0.1) is 0 Å². The molecule has 0 rings (SSSR count). The Morgan fingerprint density at radius 3 is 2.38 bits per heavy atom. The molecule has 0 heterocycles. The average Bonchev–Trinajstić information content (AvgIpc) is 1.81. The number of aliphatic hydroxyl groups excluding tert-OH is 1. The van der Waals surface area contributed by atoms with Crippen molar-refractivity contribution in [2.45, 2.75) is 6.10 Å². The van der Waals surface area contributed by atoms with E-state index in [1.165, 1.54) is 0 Å². The summed E-state index contributed by atoms with van der Waals surface area (Å²) in [6.07, 6.45) is -2.22. The number of rotatable bonds is 4. The topological polar surface area (TPSA) is 141 Å². The Balaban J connectivity index is 4.20. The molecule has 1 unspecified atom stereocenters. The van der Waals surface area contributed by atoms with E-state index in [1.54, 1.807) is 0 Å². The minimum atomic E-state index is -4.55. The van der Waals surface area contributed by atoms with Crippen LogP contribution in [-0.2, 0) is 24.0 Å². The lowest BCUT2D eigenvalue weighted by atomic mass is 10.4. The van der Waals surface area contributed by atoms with E-state index in [0.29, 0.717) is 0 Å². The fraction of sp³-hybridized carbons (Fsp3) is 0.667. The summed E-state index contributed by atoms with van der Waals surface area (Å²) in [4.78, 5) is 20.2. The molecule has 0 aromatic heterocycles. The van der Waals surface area contributed by atoms with Gasteiger partial charge in [0.15, 0.2) is 6.10 Å². The van der Waals surface area contributed by atoms with Crippen LogP contribution < -0.4 is 4.89 Å². The standard InChI is InChI=1S/C3H5O8PS/c4-2(1-13(8,9)10)3(5)11-12(6)7/h2,4H,1H2,(H,8,9,10)/t2-/m0/s1. The Bertz CT molecular complexity index is 305. The van der Waals surface area contributed by atoms with E-state index < -0.39 is 36.2 Å². The highest BCUT2D eigenvalue weighted by molar-refractivity contribution is 7.85. The molecule has 13 heavy (non-hydrogen) atoms. The number of carbonyl (C=O) groups is 1. The van der Waals surface area contributed by atoms with Gasteiger partial charge in [-0.25, -0.2) is 9.32 Å². The minimum absolute atomic E-state index is 1.31. The molecule has 0 aromatic rings. The van der Waals surface area contributed by atoms with Crippen LogP contribution in [0.25, 0.3) is 0 Å². The molecule has 76 valence electrons. The molecule has 10 heteroatoms. The van der Waals surface area contributed by atoms with Gasteiger partial charge in [0.25, 0.3) is 10.1 Å². The van der Waals surface area contributed by atoms with Crippen LogP contribution in [0.2, 0.25) is 0 Å². The molecule has 0 aliphatic heterocycles. The van der Waals surface area contributed by atoms with Crippen LogP contribution in [0.1, 0.15) is 0 Å². The minimum Gasteiger partial charge on any atom is -0.558 e. The van der Waals surface area contributed by atoms with Gasteiger partial charge in [0.1, 0.15) is 5.75 Å². The molecule has 0 spiro atoms. The van der Waals surface area contributed by atoms with Gasteiger partial charge in [0, 0.05) is 0 Å². The predicted octanol–water partition coefficient (Wildman–Crippen LogP) is -2.20. The van der Waals surface area contributed by atoms with Crippen LogP contribution in [0, 0.1) is 0 Å². The molecule has 0 aromatic carbocycles. The zero-order chi connectivity index (χ0) is 10.6. The Hall–Kier alpha value is -0.600. The van der Waals surface area contributed by atoms with Crippen molar-refractivity contribution in [1.29, 1.82) is 0 Å². The van der Waals surface area contributed by atoms with Gasteiger partial charge in [-0.3, -0.25) is 4.55 Å². The van der Waals surface area contributed by atoms with E-state index in [-0.39, 0.29) is 0 Å². The van der Waals surface area contributed by atoms with Crippen molar-refractivity contribution in [2.75, 3.05) is 5.75 Å². The van der Waals surface area contributed by atoms with E-state index in [2.05, 4.69) is 4.52 Å². The molecule has 8 nitrogen and oxygen atoms in total. The maximum atomic E-state index is 10.4. The highest BCUT2D eigenvalue weighted by Gasteiger charge is 2.27. The van der Waals surface area contributed by atoms with Crippen LogP contribution >= 0.6 is 8.25 Å². The summed E-state index contributed by atoms with van der Waals surface area (Å²) in [5, 5.41) is 8.62. The summed E-state index contributed by atoms with van der Waals surface area (Å²) in [5.74, 6) is -2.97. The van der Waals surface area contributed by atoms with Crippen LogP contribution in [0.15, 0.2) is 0 Å². The number of carbonyl (C=O) groups excluding carboxylic acids is 1. The Labute approximate surface area is 73.8 Å². The molecule has 0 bridgehead atoms. The highest BCUT2D eigenvalue weighted by atomic mass is 32.2. The second-order valence-electron chi connectivity index (χ2n) is 1.90. The molecule has 0 aliphatic rings. The molecule has 0 amide bonds. The zero-order valence-corrected chi connectivity index (χ0v) is 7.69. The Morgan fingerprint density at radius 2 is 2.08 bits per heavy atom. The molecular weight excluding hydrogens is 227 g/mol. The maximum Gasteiger partial charge on any atom is 0.542 e. The quantitative estimate of drug-likeness (QED) is 0.410. The lowest BCUT2D eigenvalue weighted by Gasteiger charge is -2.01. The molecule has 0 aliphatic carbocycles. The Morgan fingerprint density at radius 1 is 1.62 bits per heavy atom. The van der Waals surface area contributed by atoms with Gasteiger partial charge in [-0.1, -0.05) is 0 Å². The third-order valence-electron chi connectivity index (χ3n) is 0.805. The Kier molecular flexibility index (Phi) is 4.37. The van der Waals surface area contributed by atoms with Crippen molar-refractivity contribution >= 4 is 24.3 Å². The van der Waals surface area contributed by atoms with Gasteiger partial charge in [-0.05, 0) is 4.57 Å². The van der Waals surface area contributed by atoms with Crippen molar-refractivity contribution < 1.29 is 36.9 Å². The third-order valence-corrected chi connectivity index (χ3v) is 1.87. The van der Waals surface area contributed by atoms with E-state index in [0.717, 1.165) is 0 Å². The first-order valence-electron chi connectivity index (χ1n) is 2.72. The van der Waals surface area contributed by atoms with Crippen molar-refractivity contribution in [3.05, 3.63) is 0 Å². The maximum absolute atomic E-state index is 10.4. The monoisotopic (exact) mass is 232 g/mol. The summed E-state index contributed by atoms with van der Waals surface area (Å²) in [6.45, 7) is 0. The van der Waals surface area contributed by atoms with Crippen LogP contribution in [0.4, 0.5) is 0 Å². The summed E-state index contributed by atoms with van der Waals surface area (Å²) >= 11 is 0. The fourth-order valence-corrected chi connectivity index (χ4v) is 1.21. The normalized spacial score (nSPS) is 14.8. The molecule has 0 saturated carbocycles.